The normalized spacial score (nSPS) is 9.85. The van der Waals surface area contributed by atoms with E-state index < -0.39 is 10.8 Å². The van der Waals surface area contributed by atoms with Crippen LogP contribution in [0, 0.1) is 10.1 Å². The van der Waals surface area contributed by atoms with Crippen LogP contribution in [0.25, 0.3) is 0 Å². The van der Waals surface area contributed by atoms with Crippen molar-refractivity contribution in [3.05, 3.63) is 52.6 Å². The molecule has 4 N–H and O–H groups in total. The molecule has 1 aromatic heterocycles. The number of anilines is 2. The molecular weight excluding hydrogens is 264 g/mol. The largest absolute Gasteiger partial charge is 0.324 e. The average molecular weight is 274 g/mol. The second-order valence-corrected chi connectivity index (χ2v) is 3.71. The lowest BCUT2D eigenvalue weighted by molar-refractivity contribution is -0.385. The highest BCUT2D eigenvalue weighted by molar-refractivity contribution is 6.07. The number of nitrogen functional groups attached to an aromatic ring is 1. The maximum Gasteiger partial charge on any atom is 0.282 e. The van der Waals surface area contributed by atoms with Crippen LogP contribution in [0.15, 0.2) is 36.9 Å². The fourth-order valence-electron chi connectivity index (χ4n) is 1.53. The molecule has 20 heavy (non-hydrogen) atoms. The third-order valence-electron chi connectivity index (χ3n) is 2.42. The molecule has 0 aliphatic carbocycles. The van der Waals surface area contributed by atoms with E-state index in [9.17, 15) is 14.9 Å². The number of hydrazine groups is 1. The fourth-order valence-corrected chi connectivity index (χ4v) is 1.53. The monoisotopic (exact) mass is 274 g/mol. The summed E-state index contributed by atoms with van der Waals surface area (Å²) in [4.78, 5) is 29.8. The van der Waals surface area contributed by atoms with Crippen molar-refractivity contribution in [2.45, 2.75) is 0 Å². The predicted octanol–water partition coefficient (Wildman–Crippen LogP) is 0.923. The van der Waals surface area contributed by atoms with E-state index in [4.69, 9.17) is 5.84 Å². The van der Waals surface area contributed by atoms with Crippen molar-refractivity contribution in [1.29, 1.82) is 0 Å². The van der Waals surface area contributed by atoms with Gasteiger partial charge in [0, 0.05) is 11.8 Å². The summed E-state index contributed by atoms with van der Waals surface area (Å²) in [6.45, 7) is 0. The van der Waals surface area contributed by atoms with Crippen LogP contribution in [0.5, 0.6) is 0 Å². The van der Waals surface area contributed by atoms with Gasteiger partial charge in [-0.15, -0.1) is 0 Å². The standard InChI is InChI=1S/C11H10N6O3/c12-16-7-1-2-10(17(19)20)9(3-7)11(18)15-8-4-13-6-14-5-8/h1-6,16H,12H2,(H,15,18). The first-order chi connectivity index (χ1) is 9.61. The lowest BCUT2D eigenvalue weighted by Crippen LogP contribution is -2.15. The van der Waals surface area contributed by atoms with Gasteiger partial charge in [0.2, 0.25) is 0 Å². The van der Waals surface area contributed by atoms with Gasteiger partial charge in [-0.05, 0) is 12.1 Å². The van der Waals surface area contributed by atoms with Crippen LogP contribution in [0.4, 0.5) is 17.1 Å². The Morgan fingerprint density at radius 1 is 1.25 bits per heavy atom. The molecule has 0 radical (unpaired) electrons. The van der Waals surface area contributed by atoms with Crippen molar-refractivity contribution in [3.8, 4) is 0 Å². The van der Waals surface area contributed by atoms with Crippen LogP contribution >= 0.6 is 0 Å². The van der Waals surface area contributed by atoms with Crippen molar-refractivity contribution in [2.75, 3.05) is 10.7 Å². The molecule has 2 aromatic rings. The molecule has 102 valence electrons. The Balaban J connectivity index is 2.35. The minimum Gasteiger partial charge on any atom is -0.324 e. The number of carbonyl (C=O) groups excluding carboxylic acids is 1. The Morgan fingerprint density at radius 3 is 2.55 bits per heavy atom. The molecule has 2 rings (SSSR count). The van der Waals surface area contributed by atoms with Gasteiger partial charge in [0.1, 0.15) is 11.9 Å². The van der Waals surface area contributed by atoms with Crippen molar-refractivity contribution in [2.24, 2.45) is 5.84 Å². The van der Waals surface area contributed by atoms with E-state index in [0.29, 0.717) is 11.4 Å². The summed E-state index contributed by atoms with van der Waals surface area (Å²) >= 11 is 0. The molecule has 1 aromatic carbocycles. The number of nitro groups is 1. The molecule has 0 aliphatic heterocycles. The van der Waals surface area contributed by atoms with Gasteiger partial charge in [-0.2, -0.15) is 0 Å². The number of hydrogen-bond donors (Lipinski definition) is 3. The number of benzene rings is 1. The van der Waals surface area contributed by atoms with Crippen LogP contribution in [-0.4, -0.2) is 20.8 Å². The summed E-state index contributed by atoms with van der Waals surface area (Å²) < 4.78 is 0. The van der Waals surface area contributed by atoms with Gasteiger partial charge in [0.15, 0.2) is 0 Å². The predicted molar refractivity (Wildman–Crippen MR) is 70.9 cm³/mol. The number of nitrogens with two attached hydrogens (primary N) is 1. The SMILES string of the molecule is NNc1ccc([N+](=O)[O-])c(C(=O)Nc2cncnc2)c1. The number of nitrogens with one attached hydrogen (secondary N) is 2. The zero-order valence-electron chi connectivity index (χ0n) is 10.1. The highest BCUT2D eigenvalue weighted by Gasteiger charge is 2.20. The first kappa shape index (κ1) is 13.4. The minimum absolute atomic E-state index is 0.116. The molecule has 0 fully saturated rings. The second kappa shape index (κ2) is 5.71. The number of nitro benzene ring substituents is 1. The maximum atomic E-state index is 12.1. The summed E-state index contributed by atoms with van der Waals surface area (Å²) in [5.74, 6) is 4.58. The van der Waals surface area contributed by atoms with Gasteiger partial charge in [-0.3, -0.25) is 20.8 Å². The smallest absolute Gasteiger partial charge is 0.282 e. The highest BCUT2D eigenvalue weighted by atomic mass is 16.6. The molecule has 9 nitrogen and oxygen atoms in total. The molecule has 0 bridgehead atoms. The third-order valence-corrected chi connectivity index (χ3v) is 2.42. The number of rotatable bonds is 4. The van der Waals surface area contributed by atoms with Crippen LogP contribution in [0.1, 0.15) is 10.4 Å². The molecule has 0 atom stereocenters. The molecule has 0 unspecified atom stereocenters. The Kier molecular flexibility index (Phi) is 3.82. The van der Waals surface area contributed by atoms with E-state index in [1.807, 2.05) is 0 Å². The van der Waals surface area contributed by atoms with Crippen molar-refractivity contribution >= 4 is 23.0 Å². The van der Waals surface area contributed by atoms with Gasteiger partial charge >= 0.3 is 0 Å². The van der Waals surface area contributed by atoms with Gasteiger partial charge in [0.25, 0.3) is 11.6 Å². The van der Waals surface area contributed by atoms with Gasteiger partial charge in [-0.25, -0.2) is 9.97 Å². The van der Waals surface area contributed by atoms with Crippen molar-refractivity contribution in [1.82, 2.24) is 9.97 Å². The number of nitrogens with zero attached hydrogens (tertiary/aromatic N) is 3. The van der Waals surface area contributed by atoms with Crippen LogP contribution in [0.3, 0.4) is 0 Å². The number of carbonyl (C=O) groups is 1. The van der Waals surface area contributed by atoms with E-state index in [-0.39, 0.29) is 11.3 Å². The fraction of sp³-hybridized carbons (Fsp3) is 0. The Labute approximate surface area is 113 Å². The number of amides is 1. The Morgan fingerprint density at radius 2 is 1.95 bits per heavy atom. The average Bonchev–Trinajstić information content (AvgIpc) is 2.47. The summed E-state index contributed by atoms with van der Waals surface area (Å²) in [5.41, 5.74) is 2.60. The van der Waals surface area contributed by atoms with Crippen LogP contribution < -0.4 is 16.6 Å². The number of aromatic nitrogens is 2. The summed E-state index contributed by atoms with van der Waals surface area (Å²) in [6, 6.07) is 3.89. The Bertz CT molecular complexity index is 646. The molecule has 0 aliphatic rings. The van der Waals surface area contributed by atoms with Gasteiger partial charge in [0.05, 0.1) is 23.0 Å². The van der Waals surface area contributed by atoms with E-state index >= 15 is 0 Å². The summed E-state index contributed by atoms with van der Waals surface area (Å²) in [7, 11) is 0. The molecule has 0 spiro atoms. The molecule has 0 saturated carbocycles. The van der Waals surface area contributed by atoms with Crippen LogP contribution in [0.2, 0.25) is 0 Å². The van der Waals surface area contributed by atoms with Gasteiger partial charge < -0.3 is 10.7 Å². The lowest BCUT2D eigenvalue weighted by atomic mass is 10.1. The minimum atomic E-state index is -0.649. The molecule has 1 heterocycles. The van der Waals surface area contributed by atoms with Gasteiger partial charge in [-0.1, -0.05) is 0 Å². The van der Waals surface area contributed by atoms with Crippen molar-refractivity contribution in [3.63, 3.8) is 0 Å². The summed E-state index contributed by atoms with van der Waals surface area (Å²) in [5, 5.41) is 13.4. The second-order valence-electron chi connectivity index (χ2n) is 3.71. The van der Waals surface area contributed by atoms with E-state index in [1.165, 1.54) is 36.9 Å². The molecular formula is C11H10N6O3. The van der Waals surface area contributed by atoms with Crippen molar-refractivity contribution < 1.29 is 9.72 Å². The molecule has 1 amide bonds. The lowest BCUT2D eigenvalue weighted by Gasteiger charge is -2.07. The maximum absolute atomic E-state index is 12.1. The zero-order chi connectivity index (χ0) is 14.5. The molecule has 0 saturated heterocycles. The van der Waals surface area contributed by atoms with E-state index in [1.54, 1.807) is 0 Å². The summed E-state index contributed by atoms with van der Waals surface area (Å²) in [6.07, 6.45) is 4.06. The topological polar surface area (TPSA) is 136 Å². The van der Waals surface area contributed by atoms with E-state index in [0.717, 1.165) is 0 Å². The number of hydrogen-bond acceptors (Lipinski definition) is 7. The Hall–Kier alpha value is -3.07. The first-order valence-corrected chi connectivity index (χ1v) is 5.43. The quantitative estimate of drug-likeness (QED) is 0.428. The van der Waals surface area contributed by atoms with Crippen LogP contribution in [-0.2, 0) is 0 Å². The zero-order valence-corrected chi connectivity index (χ0v) is 10.1. The highest BCUT2D eigenvalue weighted by Crippen LogP contribution is 2.23. The first-order valence-electron chi connectivity index (χ1n) is 5.43. The van der Waals surface area contributed by atoms with E-state index in [2.05, 4.69) is 20.7 Å². The molecule has 9 heteroatoms. The third kappa shape index (κ3) is 2.84.